The predicted molar refractivity (Wildman–Crippen MR) is 144 cm³/mol. The molecule has 0 saturated carbocycles. The van der Waals surface area contributed by atoms with Gasteiger partial charge in [-0.25, -0.2) is 4.39 Å². The van der Waals surface area contributed by atoms with E-state index in [1.165, 1.54) is 6.07 Å². The first kappa shape index (κ1) is 25.0. The normalized spacial score (nSPS) is 20.8. The maximum absolute atomic E-state index is 14.4. The molecule has 3 heterocycles. The number of anilines is 2. The molecule has 3 aliphatic heterocycles. The first-order valence-corrected chi connectivity index (χ1v) is 13.2. The number of fused-ring (bicyclic) bond motifs is 1. The van der Waals surface area contributed by atoms with Crippen LogP contribution < -0.4 is 24.0 Å². The van der Waals surface area contributed by atoms with E-state index in [0.29, 0.717) is 61.2 Å². The van der Waals surface area contributed by atoms with Crippen LogP contribution in [-0.4, -0.2) is 56.8 Å². The molecule has 0 N–H and O–H groups in total. The van der Waals surface area contributed by atoms with Crippen molar-refractivity contribution >= 4 is 23.2 Å². The number of nitrogens with zero attached hydrogens (tertiary/aromatic N) is 3. The summed E-state index contributed by atoms with van der Waals surface area (Å²) < 4.78 is 30.7. The van der Waals surface area contributed by atoms with E-state index in [4.69, 9.17) is 14.2 Å². The number of para-hydroxylation sites is 1. The van der Waals surface area contributed by atoms with Crippen molar-refractivity contribution in [1.29, 1.82) is 0 Å². The summed E-state index contributed by atoms with van der Waals surface area (Å²) in [4.78, 5) is 33.1. The Bertz CT molecular complexity index is 1370. The van der Waals surface area contributed by atoms with Crippen LogP contribution in [0.3, 0.4) is 0 Å². The van der Waals surface area contributed by atoms with Crippen LogP contribution in [0.1, 0.15) is 24.4 Å². The van der Waals surface area contributed by atoms with Crippen LogP contribution in [0.15, 0.2) is 66.7 Å². The molecule has 39 heavy (non-hydrogen) atoms. The van der Waals surface area contributed by atoms with Crippen molar-refractivity contribution in [2.24, 2.45) is 5.92 Å². The summed E-state index contributed by atoms with van der Waals surface area (Å²) in [5.41, 5.74) is 2.06. The van der Waals surface area contributed by atoms with Crippen molar-refractivity contribution in [3.8, 4) is 17.2 Å². The smallest absolute Gasteiger partial charge is 0.231 e. The van der Waals surface area contributed by atoms with E-state index in [2.05, 4.69) is 0 Å². The van der Waals surface area contributed by atoms with Crippen LogP contribution in [0, 0.1) is 11.7 Å². The fourth-order valence-electron chi connectivity index (χ4n) is 5.78. The Morgan fingerprint density at radius 3 is 2.44 bits per heavy atom. The number of piperazine rings is 1. The summed E-state index contributed by atoms with van der Waals surface area (Å²) in [5, 5.41) is 0. The topological polar surface area (TPSA) is 71.6 Å². The minimum atomic E-state index is -0.505. The molecular formula is C30H30FN3O5. The van der Waals surface area contributed by atoms with Gasteiger partial charge in [0.05, 0.1) is 24.8 Å². The van der Waals surface area contributed by atoms with Gasteiger partial charge in [-0.1, -0.05) is 24.3 Å². The molecule has 3 aromatic carbocycles. The number of benzene rings is 3. The molecule has 6 rings (SSSR count). The van der Waals surface area contributed by atoms with Crippen LogP contribution in [0.5, 0.6) is 17.2 Å². The molecule has 9 heteroatoms. The standard InChI is InChI=1S/C30H30FN3O5/c1-37-22-9-6-20(7-10-22)29-23(11-13-28(35)34(29)21-8-12-26-27(18-21)39-19-38-26)30(36)33-16-14-32(15-17-33)25-5-3-2-4-24(25)31/h2-10,12,18,23,29H,11,13-17,19H2,1H3/t23-,29+/m0/s1. The van der Waals surface area contributed by atoms with Crippen molar-refractivity contribution in [3.05, 3.63) is 78.1 Å². The van der Waals surface area contributed by atoms with Crippen LogP contribution in [0.25, 0.3) is 0 Å². The Kier molecular flexibility index (Phi) is 6.72. The van der Waals surface area contributed by atoms with E-state index in [1.807, 2.05) is 46.2 Å². The Balaban J connectivity index is 1.29. The molecule has 2 amide bonds. The number of piperidine rings is 1. The number of amides is 2. The summed E-state index contributed by atoms with van der Waals surface area (Å²) in [6.45, 7) is 2.18. The number of halogens is 1. The Labute approximate surface area is 226 Å². The number of ether oxygens (including phenoxy) is 3. The molecule has 2 atom stereocenters. The molecule has 0 aromatic heterocycles. The third-order valence-electron chi connectivity index (χ3n) is 7.79. The molecule has 3 aromatic rings. The highest BCUT2D eigenvalue weighted by molar-refractivity contribution is 5.98. The first-order chi connectivity index (χ1) is 19.0. The van der Waals surface area contributed by atoms with Crippen LogP contribution in [0.2, 0.25) is 0 Å². The van der Waals surface area contributed by atoms with Crippen LogP contribution in [0.4, 0.5) is 15.8 Å². The largest absolute Gasteiger partial charge is 0.497 e. The van der Waals surface area contributed by atoms with Gasteiger partial charge in [0.25, 0.3) is 0 Å². The number of carbonyl (C=O) groups excluding carboxylic acids is 2. The molecule has 202 valence electrons. The molecule has 2 fully saturated rings. The number of carbonyl (C=O) groups is 2. The lowest BCUT2D eigenvalue weighted by Crippen LogP contribution is -2.54. The lowest BCUT2D eigenvalue weighted by atomic mass is 9.82. The highest BCUT2D eigenvalue weighted by Crippen LogP contribution is 2.44. The number of hydrogen-bond donors (Lipinski definition) is 0. The number of methoxy groups -OCH3 is 1. The van der Waals surface area contributed by atoms with E-state index in [0.717, 1.165) is 5.56 Å². The summed E-state index contributed by atoms with van der Waals surface area (Å²) in [7, 11) is 1.60. The predicted octanol–water partition coefficient (Wildman–Crippen LogP) is 4.40. The van der Waals surface area contributed by atoms with Gasteiger partial charge in [0.15, 0.2) is 11.5 Å². The number of rotatable bonds is 5. The van der Waals surface area contributed by atoms with Crippen molar-refractivity contribution in [3.63, 3.8) is 0 Å². The highest BCUT2D eigenvalue weighted by Gasteiger charge is 2.43. The SMILES string of the molecule is COc1ccc([C@@H]2[C@@H](C(=O)N3CCN(c4ccccc4F)CC3)CCC(=O)N2c2ccc3c(c2)OCO3)cc1. The molecule has 8 nitrogen and oxygen atoms in total. The monoisotopic (exact) mass is 531 g/mol. The fourth-order valence-corrected chi connectivity index (χ4v) is 5.78. The van der Waals surface area contributed by atoms with Gasteiger partial charge in [-0.3, -0.25) is 9.59 Å². The molecule has 0 bridgehead atoms. The minimum absolute atomic E-state index is 0.00208. The van der Waals surface area contributed by atoms with E-state index in [-0.39, 0.29) is 30.8 Å². The van der Waals surface area contributed by atoms with E-state index in [1.54, 1.807) is 36.3 Å². The molecule has 0 unspecified atom stereocenters. The van der Waals surface area contributed by atoms with E-state index in [9.17, 15) is 14.0 Å². The average Bonchev–Trinajstić information content (AvgIpc) is 3.45. The third-order valence-corrected chi connectivity index (χ3v) is 7.79. The second kappa shape index (κ2) is 10.5. The zero-order valence-corrected chi connectivity index (χ0v) is 21.7. The summed E-state index contributed by atoms with van der Waals surface area (Å²) >= 11 is 0. The lowest BCUT2D eigenvalue weighted by molar-refractivity contribution is -0.138. The van der Waals surface area contributed by atoms with Crippen molar-refractivity contribution in [2.45, 2.75) is 18.9 Å². The van der Waals surface area contributed by atoms with Crippen molar-refractivity contribution < 1.29 is 28.2 Å². The van der Waals surface area contributed by atoms with Crippen molar-refractivity contribution in [2.75, 3.05) is 49.9 Å². The zero-order chi connectivity index (χ0) is 26.9. The molecule has 0 radical (unpaired) electrons. The summed E-state index contributed by atoms with van der Waals surface area (Å²) in [6.07, 6.45) is 0.704. The van der Waals surface area contributed by atoms with Gasteiger partial charge < -0.3 is 28.9 Å². The van der Waals surface area contributed by atoms with Gasteiger partial charge in [0, 0.05) is 44.4 Å². The first-order valence-electron chi connectivity index (χ1n) is 13.2. The molecule has 0 spiro atoms. The van der Waals surface area contributed by atoms with Gasteiger partial charge in [0.2, 0.25) is 18.6 Å². The van der Waals surface area contributed by atoms with Crippen LogP contribution in [-0.2, 0) is 9.59 Å². The Hall–Kier alpha value is -4.27. The van der Waals surface area contributed by atoms with Gasteiger partial charge in [0.1, 0.15) is 11.6 Å². The van der Waals surface area contributed by atoms with Gasteiger partial charge >= 0.3 is 0 Å². The van der Waals surface area contributed by atoms with Crippen LogP contribution >= 0.6 is 0 Å². The van der Waals surface area contributed by atoms with Gasteiger partial charge in [-0.05, 0) is 48.4 Å². The summed E-state index contributed by atoms with van der Waals surface area (Å²) in [6, 6.07) is 19.2. The minimum Gasteiger partial charge on any atom is -0.497 e. The lowest BCUT2D eigenvalue weighted by Gasteiger charge is -2.44. The average molecular weight is 532 g/mol. The van der Waals surface area contributed by atoms with Crippen molar-refractivity contribution in [1.82, 2.24) is 4.90 Å². The summed E-state index contributed by atoms with van der Waals surface area (Å²) in [5.74, 6) is 1.15. The molecular weight excluding hydrogens is 501 g/mol. The maximum atomic E-state index is 14.4. The number of hydrogen-bond acceptors (Lipinski definition) is 6. The molecule has 3 aliphatic rings. The molecule has 0 aliphatic carbocycles. The van der Waals surface area contributed by atoms with E-state index >= 15 is 0 Å². The third kappa shape index (κ3) is 4.73. The fraction of sp³-hybridized carbons (Fsp3) is 0.333. The quantitative estimate of drug-likeness (QED) is 0.486. The molecule has 2 saturated heterocycles. The zero-order valence-electron chi connectivity index (χ0n) is 21.7. The maximum Gasteiger partial charge on any atom is 0.231 e. The Morgan fingerprint density at radius 2 is 1.69 bits per heavy atom. The van der Waals surface area contributed by atoms with Gasteiger partial charge in [-0.2, -0.15) is 0 Å². The Morgan fingerprint density at radius 1 is 0.949 bits per heavy atom. The van der Waals surface area contributed by atoms with Gasteiger partial charge in [-0.15, -0.1) is 0 Å². The second-order valence-electron chi connectivity index (χ2n) is 9.93. The second-order valence-corrected chi connectivity index (χ2v) is 9.93. The highest BCUT2D eigenvalue weighted by atomic mass is 19.1. The van der Waals surface area contributed by atoms with E-state index < -0.39 is 12.0 Å².